The quantitative estimate of drug-likeness (QED) is 0.266. The van der Waals surface area contributed by atoms with Gasteiger partial charge in [0.1, 0.15) is 5.75 Å². The molecule has 4 N–H and O–H groups in total. The van der Waals surface area contributed by atoms with E-state index in [0.29, 0.717) is 17.7 Å². The molecule has 0 aliphatic carbocycles. The van der Waals surface area contributed by atoms with E-state index in [1.54, 1.807) is 18.5 Å². The van der Waals surface area contributed by atoms with Gasteiger partial charge in [-0.05, 0) is 47.5 Å². The normalized spacial score (nSPS) is 11.2. The number of amides is 1. The number of hydroxylamine groups is 1. The van der Waals surface area contributed by atoms with Crippen LogP contribution in [0.15, 0.2) is 64.6 Å². The molecular weight excluding hydrogens is 434 g/mol. The predicted octanol–water partition coefficient (Wildman–Crippen LogP) is 2.36. The monoisotopic (exact) mass is 457 g/mol. The van der Waals surface area contributed by atoms with Crippen LogP contribution in [0.25, 0.3) is 0 Å². The molecule has 0 spiro atoms. The van der Waals surface area contributed by atoms with Crippen molar-refractivity contribution in [1.82, 2.24) is 10.5 Å². The van der Waals surface area contributed by atoms with Crippen LogP contribution >= 0.6 is 0 Å². The van der Waals surface area contributed by atoms with Gasteiger partial charge in [0, 0.05) is 37.2 Å². The lowest BCUT2D eigenvalue weighted by atomic mass is 9.97. The average molecular weight is 458 g/mol. The Morgan fingerprint density at radius 3 is 2.47 bits per heavy atom. The van der Waals surface area contributed by atoms with Crippen molar-refractivity contribution in [2.24, 2.45) is 0 Å². The predicted molar refractivity (Wildman–Crippen MR) is 116 cm³/mol. The fraction of sp³-hybridized carbons (Fsp3) is 0.182. The maximum Gasteiger partial charge on any atom is 0.276 e. The van der Waals surface area contributed by atoms with E-state index < -0.39 is 15.7 Å². The molecule has 0 unspecified atom stereocenters. The molecule has 0 atom stereocenters. The van der Waals surface area contributed by atoms with Crippen molar-refractivity contribution in [2.45, 2.75) is 22.8 Å². The Morgan fingerprint density at radius 1 is 1.19 bits per heavy atom. The van der Waals surface area contributed by atoms with Gasteiger partial charge >= 0.3 is 0 Å². The highest BCUT2D eigenvalue weighted by Crippen LogP contribution is 2.35. The van der Waals surface area contributed by atoms with Crippen LogP contribution in [0.2, 0.25) is 0 Å². The van der Waals surface area contributed by atoms with E-state index >= 15 is 0 Å². The average Bonchev–Trinajstić information content (AvgIpc) is 2.81. The molecule has 0 bridgehead atoms. The summed E-state index contributed by atoms with van der Waals surface area (Å²) >= 11 is 0. The SMILES string of the molecule is COCc1c(N)c(Cc2cccnc2)cc(C(=O)NO)c1S(=O)(=O)c1ccc(OC)cc1. The maximum absolute atomic E-state index is 13.6. The Balaban J connectivity index is 2.27. The minimum atomic E-state index is -4.21. The van der Waals surface area contributed by atoms with Crippen molar-refractivity contribution >= 4 is 21.4 Å². The number of nitrogens with zero attached hydrogens (tertiary/aromatic N) is 1. The number of nitrogens with two attached hydrogens (primary N) is 1. The number of rotatable bonds is 8. The molecule has 1 amide bonds. The number of sulfone groups is 1. The zero-order valence-corrected chi connectivity index (χ0v) is 18.3. The summed E-state index contributed by atoms with van der Waals surface area (Å²) in [4.78, 5) is 16.2. The summed E-state index contributed by atoms with van der Waals surface area (Å²) in [6, 6.07) is 10.7. The Kier molecular flexibility index (Phi) is 7.08. The summed E-state index contributed by atoms with van der Waals surface area (Å²) in [5, 5.41) is 9.30. The van der Waals surface area contributed by atoms with Gasteiger partial charge in [-0.15, -0.1) is 0 Å². The fourth-order valence-corrected chi connectivity index (χ4v) is 5.03. The number of hydrogen-bond donors (Lipinski definition) is 3. The first-order chi connectivity index (χ1) is 15.3. The van der Waals surface area contributed by atoms with E-state index in [1.807, 2.05) is 6.07 Å². The smallest absolute Gasteiger partial charge is 0.276 e. The third-order valence-electron chi connectivity index (χ3n) is 4.90. The van der Waals surface area contributed by atoms with Gasteiger partial charge in [-0.3, -0.25) is 15.0 Å². The van der Waals surface area contributed by atoms with E-state index in [2.05, 4.69) is 4.98 Å². The third kappa shape index (κ3) is 4.57. The number of nitrogens with one attached hydrogen (secondary N) is 1. The van der Waals surface area contributed by atoms with Crippen molar-refractivity contribution in [3.63, 3.8) is 0 Å². The largest absolute Gasteiger partial charge is 0.497 e. The van der Waals surface area contributed by atoms with Gasteiger partial charge in [-0.25, -0.2) is 13.9 Å². The van der Waals surface area contributed by atoms with E-state index in [0.717, 1.165) is 5.56 Å². The molecule has 9 nitrogen and oxygen atoms in total. The molecule has 0 saturated carbocycles. The number of aromatic nitrogens is 1. The zero-order chi connectivity index (χ0) is 23.3. The van der Waals surface area contributed by atoms with Crippen molar-refractivity contribution in [3.05, 3.63) is 77.1 Å². The highest BCUT2D eigenvalue weighted by atomic mass is 32.2. The number of hydrogen-bond acceptors (Lipinski definition) is 8. The van der Waals surface area contributed by atoms with Crippen molar-refractivity contribution in [2.75, 3.05) is 20.0 Å². The standard InChI is InChI=1S/C22H23N3O6S/c1-30-13-19-20(23)15(10-14-4-3-9-24-12-14)11-18(22(26)25-27)21(19)32(28,29)17-7-5-16(31-2)6-8-17/h3-9,11-12,27H,10,13,23H2,1-2H3,(H,25,26). The molecule has 0 aliphatic rings. The van der Waals surface area contributed by atoms with Crippen LogP contribution in [0.3, 0.4) is 0 Å². The molecule has 3 rings (SSSR count). The molecule has 1 aromatic heterocycles. The van der Waals surface area contributed by atoms with E-state index in [9.17, 15) is 18.4 Å². The van der Waals surface area contributed by atoms with Crippen LogP contribution in [0.4, 0.5) is 5.69 Å². The van der Waals surface area contributed by atoms with Gasteiger partial charge in [0.05, 0.1) is 29.1 Å². The van der Waals surface area contributed by atoms with Gasteiger partial charge in [0.2, 0.25) is 9.84 Å². The molecular formula is C22H23N3O6S. The lowest BCUT2D eigenvalue weighted by Gasteiger charge is -2.20. The number of carbonyl (C=O) groups excluding carboxylic acids is 1. The summed E-state index contributed by atoms with van der Waals surface area (Å²) < 4.78 is 37.4. The number of nitrogen functional groups attached to an aromatic ring is 1. The second-order valence-electron chi connectivity index (χ2n) is 6.90. The van der Waals surface area contributed by atoms with Crippen LogP contribution in [-0.4, -0.2) is 38.7 Å². The maximum atomic E-state index is 13.6. The van der Waals surface area contributed by atoms with Gasteiger partial charge in [0.15, 0.2) is 0 Å². The highest BCUT2D eigenvalue weighted by molar-refractivity contribution is 7.91. The van der Waals surface area contributed by atoms with Crippen molar-refractivity contribution in [1.29, 1.82) is 0 Å². The first kappa shape index (κ1) is 23.2. The van der Waals surface area contributed by atoms with Crippen LogP contribution < -0.4 is 16.0 Å². The number of benzene rings is 2. The Bertz CT molecular complexity index is 1210. The number of ether oxygens (including phenoxy) is 2. The molecule has 0 fully saturated rings. The molecule has 2 aromatic carbocycles. The number of methoxy groups -OCH3 is 2. The van der Waals surface area contributed by atoms with Gasteiger partial charge in [0.25, 0.3) is 5.91 Å². The number of carbonyl (C=O) groups is 1. The van der Waals surface area contributed by atoms with Gasteiger partial charge in [-0.2, -0.15) is 0 Å². The first-order valence-electron chi connectivity index (χ1n) is 9.49. The van der Waals surface area contributed by atoms with Gasteiger partial charge in [-0.1, -0.05) is 6.07 Å². The van der Waals surface area contributed by atoms with Crippen molar-refractivity contribution < 1.29 is 27.9 Å². The third-order valence-corrected chi connectivity index (χ3v) is 6.80. The molecule has 0 radical (unpaired) electrons. The first-order valence-corrected chi connectivity index (χ1v) is 11.0. The summed E-state index contributed by atoms with van der Waals surface area (Å²) in [5.41, 5.74) is 9.26. The zero-order valence-electron chi connectivity index (χ0n) is 17.5. The molecule has 32 heavy (non-hydrogen) atoms. The molecule has 10 heteroatoms. The Hall–Kier alpha value is -3.47. The molecule has 1 heterocycles. The highest BCUT2D eigenvalue weighted by Gasteiger charge is 2.31. The Morgan fingerprint density at radius 2 is 1.91 bits per heavy atom. The van der Waals surface area contributed by atoms with E-state index in [-0.39, 0.29) is 33.2 Å². The second kappa shape index (κ2) is 9.77. The lowest BCUT2D eigenvalue weighted by molar-refractivity contribution is 0.0702. The van der Waals surface area contributed by atoms with Gasteiger partial charge < -0.3 is 15.2 Å². The number of pyridine rings is 1. The van der Waals surface area contributed by atoms with Crippen LogP contribution in [0.5, 0.6) is 5.75 Å². The topological polar surface area (TPSA) is 141 Å². The van der Waals surface area contributed by atoms with Crippen LogP contribution in [0.1, 0.15) is 27.0 Å². The second-order valence-corrected chi connectivity index (χ2v) is 8.78. The number of anilines is 1. The fourth-order valence-electron chi connectivity index (χ4n) is 3.36. The molecule has 3 aromatic rings. The van der Waals surface area contributed by atoms with E-state index in [1.165, 1.54) is 50.0 Å². The Labute approximate surface area is 185 Å². The minimum absolute atomic E-state index is 0.0675. The lowest BCUT2D eigenvalue weighted by Crippen LogP contribution is -2.24. The van der Waals surface area contributed by atoms with Crippen LogP contribution in [-0.2, 0) is 27.6 Å². The van der Waals surface area contributed by atoms with Crippen LogP contribution in [0, 0.1) is 0 Å². The summed E-state index contributed by atoms with van der Waals surface area (Å²) in [6.07, 6.45) is 3.56. The summed E-state index contributed by atoms with van der Waals surface area (Å²) in [5.74, 6) is -0.511. The summed E-state index contributed by atoms with van der Waals surface area (Å²) in [7, 11) is -1.36. The molecule has 168 valence electrons. The van der Waals surface area contributed by atoms with E-state index in [4.69, 9.17) is 15.2 Å². The molecule has 0 saturated heterocycles. The summed E-state index contributed by atoms with van der Waals surface area (Å²) in [6.45, 7) is -0.164. The minimum Gasteiger partial charge on any atom is -0.497 e. The van der Waals surface area contributed by atoms with Crippen molar-refractivity contribution in [3.8, 4) is 5.75 Å². The molecule has 0 aliphatic heterocycles.